The van der Waals surface area contributed by atoms with E-state index in [-0.39, 0.29) is 11.3 Å². The molecule has 3 aromatic carbocycles. The summed E-state index contributed by atoms with van der Waals surface area (Å²) in [5, 5.41) is 11.8. The molecule has 3 aromatic rings. The van der Waals surface area contributed by atoms with Gasteiger partial charge in [0.2, 0.25) is 0 Å². The minimum absolute atomic E-state index is 0.0271. The van der Waals surface area contributed by atoms with E-state index in [0.717, 1.165) is 16.7 Å². The zero-order valence-corrected chi connectivity index (χ0v) is 18.4. The Kier molecular flexibility index (Phi) is 5.61. The number of carbonyl (C=O) groups excluding carboxylic acids is 2. The van der Waals surface area contributed by atoms with E-state index in [1.54, 1.807) is 30.3 Å². The van der Waals surface area contributed by atoms with Crippen molar-refractivity contribution in [2.24, 2.45) is 0 Å². The number of ketones is 1. The second-order valence-corrected chi connectivity index (χ2v) is 8.39. The number of carbonyl (C=O) groups is 2. The number of halogens is 2. The van der Waals surface area contributed by atoms with E-state index in [0.29, 0.717) is 21.3 Å². The van der Waals surface area contributed by atoms with Crippen molar-refractivity contribution in [3.63, 3.8) is 0 Å². The molecule has 1 fully saturated rings. The Morgan fingerprint density at radius 1 is 0.903 bits per heavy atom. The number of amides is 1. The molecule has 0 spiro atoms. The van der Waals surface area contributed by atoms with Crippen molar-refractivity contribution in [2.45, 2.75) is 19.9 Å². The molecule has 0 bridgehead atoms. The van der Waals surface area contributed by atoms with Crippen molar-refractivity contribution in [1.82, 2.24) is 0 Å². The molecule has 4 rings (SSSR count). The molecule has 4 nitrogen and oxygen atoms in total. The highest BCUT2D eigenvalue weighted by molar-refractivity contribution is 6.52. The molecular weight excluding hydrogens is 433 g/mol. The molecule has 1 aliphatic rings. The maximum absolute atomic E-state index is 13.2. The van der Waals surface area contributed by atoms with Gasteiger partial charge in [-0.15, -0.1) is 0 Å². The molecule has 1 unspecified atom stereocenters. The lowest BCUT2D eigenvalue weighted by atomic mass is 9.92. The topological polar surface area (TPSA) is 57.6 Å². The molecule has 0 saturated carbocycles. The minimum atomic E-state index is -0.822. The lowest BCUT2D eigenvalue weighted by molar-refractivity contribution is -0.132. The molecule has 0 radical (unpaired) electrons. The number of hydrogen-bond donors (Lipinski definition) is 1. The zero-order valence-electron chi connectivity index (χ0n) is 16.9. The van der Waals surface area contributed by atoms with Crippen LogP contribution in [-0.4, -0.2) is 16.8 Å². The Labute approximate surface area is 190 Å². The molecule has 31 heavy (non-hydrogen) atoms. The fraction of sp³-hybridized carbons (Fsp3) is 0.120. The Balaban J connectivity index is 1.99. The fourth-order valence-electron chi connectivity index (χ4n) is 3.83. The van der Waals surface area contributed by atoms with Gasteiger partial charge in [-0.25, -0.2) is 0 Å². The number of rotatable bonds is 3. The zero-order chi connectivity index (χ0) is 22.3. The van der Waals surface area contributed by atoms with Crippen LogP contribution >= 0.6 is 23.2 Å². The summed E-state index contributed by atoms with van der Waals surface area (Å²) in [5.41, 5.74) is 3.50. The number of aliphatic hydroxyl groups excluding tert-OH is 1. The summed E-state index contributed by atoms with van der Waals surface area (Å²) in [6.07, 6.45) is 0. The molecule has 0 aliphatic carbocycles. The van der Waals surface area contributed by atoms with Gasteiger partial charge >= 0.3 is 0 Å². The fourth-order valence-corrected chi connectivity index (χ4v) is 4.35. The van der Waals surface area contributed by atoms with Crippen LogP contribution in [0, 0.1) is 13.8 Å². The van der Waals surface area contributed by atoms with Gasteiger partial charge in [0.25, 0.3) is 11.7 Å². The standard InChI is InChI=1S/C25H19Cl2NO3/c1-14-7-9-16(10-8-14)23(29)21-22(20-6-4-3-5-15(20)2)28(25(31)24(21)30)19-12-17(26)11-18(27)13-19/h3-13,22,29H,1-2H3/b23-21+. The van der Waals surface area contributed by atoms with Crippen LogP contribution in [0.3, 0.4) is 0 Å². The van der Waals surface area contributed by atoms with E-state index in [1.165, 1.54) is 4.90 Å². The summed E-state index contributed by atoms with van der Waals surface area (Å²) in [6, 6.07) is 18.5. The molecule has 0 aromatic heterocycles. The van der Waals surface area contributed by atoms with Gasteiger partial charge in [-0.2, -0.15) is 0 Å². The first kappa shape index (κ1) is 21.2. The summed E-state index contributed by atoms with van der Waals surface area (Å²) in [6.45, 7) is 3.82. The number of aliphatic hydroxyl groups is 1. The van der Waals surface area contributed by atoms with Crippen LogP contribution in [0.4, 0.5) is 5.69 Å². The largest absolute Gasteiger partial charge is 0.507 e. The summed E-state index contributed by atoms with van der Waals surface area (Å²) in [5.74, 6) is -1.73. The summed E-state index contributed by atoms with van der Waals surface area (Å²) < 4.78 is 0. The first-order valence-electron chi connectivity index (χ1n) is 9.67. The summed E-state index contributed by atoms with van der Waals surface area (Å²) in [4.78, 5) is 27.7. The number of anilines is 1. The highest BCUT2D eigenvalue weighted by Gasteiger charge is 2.47. The SMILES string of the molecule is Cc1ccc(/C(O)=C2\C(=O)C(=O)N(c3cc(Cl)cc(Cl)c3)C2c2ccccc2C)cc1. The van der Waals surface area contributed by atoms with Gasteiger partial charge in [-0.05, 0) is 43.2 Å². The van der Waals surface area contributed by atoms with E-state index in [4.69, 9.17) is 23.2 Å². The molecule has 1 amide bonds. The van der Waals surface area contributed by atoms with Gasteiger partial charge in [-0.1, -0.05) is 77.3 Å². The third-order valence-corrected chi connectivity index (χ3v) is 5.81. The maximum atomic E-state index is 13.2. The predicted molar refractivity (Wildman–Crippen MR) is 124 cm³/mol. The molecule has 1 atom stereocenters. The van der Waals surface area contributed by atoms with Crippen molar-refractivity contribution in [2.75, 3.05) is 4.90 Å². The highest BCUT2D eigenvalue weighted by Crippen LogP contribution is 2.44. The number of aryl methyl sites for hydroxylation is 2. The smallest absolute Gasteiger partial charge is 0.300 e. The van der Waals surface area contributed by atoms with Crippen molar-refractivity contribution < 1.29 is 14.7 Å². The van der Waals surface area contributed by atoms with Crippen LogP contribution < -0.4 is 4.90 Å². The Morgan fingerprint density at radius 2 is 1.52 bits per heavy atom. The molecule has 1 saturated heterocycles. The third kappa shape index (κ3) is 3.85. The number of hydrogen-bond acceptors (Lipinski definition) is 3. The van der Waals surface area contributed by atoms with Gasteiger partial charge in [0.05, 0.1) is 11.6 Å². The molecule has 156 valence electrons. The van der Waals surface area contributed by atoms with Crippen molar-refractivity contribution in [3.8, 4) is 0 Å². The van der Waals surface area contributed by atoms with Crippen LogP contribution in [0.5, 0.6) is 0 Å². The lowest BCUT2D eigenvalue weighted by Crippen LogP contribution is -2.29. The normalized spacial score (nSPS) is 17.9. The van der Waals surface area contributed by atoms with Gasteiger partial charge in [0.1, 0.15) is 5.76 Å². The van der Waals surface area contributed by atoms with Gasteiger partial charge in [-0.3, -0.25) is 14.5 Å². The van der Waals surface area contributed by atoms with Crippen LogP contribution in [0.1, 0.15) is 28.3 Å². The average Bonchev–Trinajstić information content (AvgIpc) is 2.98. The number of benzene rings is 3. The molecule has 1 N–H and O–H groups in total. The lowest BCUT2D eigenvalue weighted by Gasteiger charge is -2.27. The molecular formula is C25H19Cl2NO3. The van der Waals surface area contributed by atoms with Crippen LogP contribution in [0.2, 0.25) is 10.0 Å². The van der Waals surface area contributed by atoms with Gasteiger partial charge in [0.15, 0.2) is 0 Å². The number of Topliss-reactive ketones (excluding diaryl/α,β-unsaturated/α-hetero) is 1. The van der Waals surface area contributed by atoms with E-state index < -0.39 is 17.7 Å². The quantitative estimate of drug-likeness (QED) is 0.291. The summed E-state index contributed by atoms with van der Waals surface area (Å²) >= 11 is 12.4. The van der Waals surface area contributed by atoms with Gasteiger partial charge < -0.3 is 5.11 Å². The molecule has 1 heterocycles. The van der Waals surface area contributed by atoms with Crippen LogP contribution in [0.15, 0.2) is 72.3 Å². The van der Waals surface area contributed by atoms with E-state index in [9.17, 15) is 14.7 Å². The Hall–Kier alpha value is -3.08. The summed E-state index contributed by atoms with van der Waals surface area (Å²) in [7, 11) is 0. The minimum Gasteiger partial charge on any atom is -0.507 e. The number of nitrogens with zero attached hydrogens (tertiary/aromatic N) is 1. The van der Waals surface area contributed by atoms with E-state index >= 15 is 0 Å². The first-order chi connectivity index (χ1) is 14.8. The van der Waals surface area contributed by atoms with Crippen molar-refractivity contribution in [1.29, 1.82) is 0 Å². The van der Waals surface area contributed by atoms with Crippen LogP contribution in [0.25, 0.3) is 5.76 Å². The van der Waals surface area contributed by atoms with E-state index in [2.05, 4.69) is 0 Å². The monoisotopic (exact) mass is 451 g/mol. The third-order valence-electron chi connectivity index (χ3n) is 5.38. The molecule has 1 aliphatic heterocycles. The van der Waals surface area contributed by atoms with E-state index in [1.807, 2.05) is 50.2 Å². The maximum Gasteiger partial charge on any atom is 0.300 e. The Bertz CT molecular complexity index is 1210. The van der Waals surface area contributed by atoms with Crippen molar-refractivity contribution >= 4 is 46.3 Å². The average molecular weight is 452 g/mol. The van der Waals surface area contributed by atoms with Crippen LogP contribution in [-0.2, 0) is 9.59 Å². The first-order valence-corrected chi connectivity index (χ1v) is 10.4. The second-order valence-electron chi connectivity index (χ2n) is 7.52. The predicted octanol–water partition coefficient (Wildman–Crippen LogP) is 6.24. The van der Waals surface area contributed by atoms with Gasteiger partial charge in [0, 0.05) is 21.3 Å². The molecule has 6 heteroatoms. The van der Waals surface area contributed by atoms with Crippen molar-refractivity contribution in [3.05, 3.63) is 105 Å². The Morgan fingerprint density at radius 3 is 2.13 bits per heavy atom. The highest BCUT2D eigenvalue weighted by atomic mass is 35.5. The second kappa shape index (κ2) is 8.22.